The number of sulfonamides is 1. The van der Waals surface area contributed by atoms with E-state index < -0.39 is 28.5 Å². The average molecular weight is 630 g/mol. The van der Waals surface area contributed by atoms with Crippen molar-refractivity contribution in [2.24, 2.45) is 0 Å². The molecule has 1 saturated carbocycles. The minimum Gasteiger partial charge on any atom is -0.352 e. The predicted molar refractivity (Wildman–Crippen MR) is 151 cm³/mol. The van der Waals surface area contributed by atoms with E-state index in [0.717, 1.165) is 36.2 Å². The molecule has 2 amide bonds. The Morgan fingerprint density at radius 3 is 2.14 bits per heavy atom. The number of carbonyl (C=O) groups is 2. The van der Waals surface area contributed by atoms with E-state index in [2.05, 4.69) is 5.32 Å². The smallest absolute Gasteiger partial charge is 0.244 e. The molecule has 0 saturated heterocycles. The van der Waals surface area contributed by atoms with Gasteiger partial charge >= 0.3 is 0 Å². The number of carbonyl (C=O) groups excluding carboxylic acids is 2. The fourth-order valence-electron chi connectivity index (χ4n) is 4.11. The third-order valence-electron chi connectivity index (χ3n) is 6.14. The summed E-state index contributed by atoms with van der Waals surface area (Å²) in [6, 6.07) is 6.57. The maximum Gasteiger partial charge on any atom is 0.244 e. The van der Waals surface area contributed by atoms with Gasteiger partial charge < -0.3 is 10.2 Å². The first-order valence-electron chi connectivity index (χ1n) is 11.4. The highest BCUT2D eigenvalue weighted by molar-refractivity contribution is 7.92. The maximum absolute atomic E-state index is 13.7. The van der Waals surface area contributed by atoms with Gasteiger partial charge in [0.1, 0.15) is 12.6 Å². The van der Waals surface area contributed by atoms with Crippen LogP contribution in [0.25, 0.3) is 0 Å². The molecule has 1 aliphatic carbocycles. The molecule has 0 aliphatic heterocycles. The van der Waals surface area contributed by atoms with Gasteiger partial charge in [-0.3, -0.25) is 13.9 Å². The lowest BCUT2D eigenvalue weighted by atomic mass is 10.1. The van der Waals surface area contributed by atoms with Crippen molar-refractivity contribution in [1.29, 1.82) is 0 Å². The van der Waals surface area contributed by atoms with Crippen molar-refractivity contribution < 1.29 is 18.0 Å². The van der Waals surface area contributed by atoms with Crippen LogP contribution in [-0.2, 0) is 26.2 Å². The number of rotatable bonds is 9. The lowest BCUT2D eigenvalue weighted by molar-refractivity contribution is -0.139. The van der Waals surface area contributed by atoms with Crippen molar-refractivity contribution in [2.45, 2.75) is 51.2 Å². The monoisotopic (exact) mass is 627 g/mol. The molecule has 37 heavy (non-hydrogen) atoms. The van der Waals surface area contributed by atoms with Crippen molar-refractivity contribution in [3.8, 4) is 0 Å². The second-order valence-electron chi connectivity index (χ2n) is 8.92. The Morgan fingerprint density at radius 2 is 1.54 bits per heavy atom. The Morgan fingerprint density at radius 1 is 0.946 bits per heavy atom. The number of hydrogen-bond acceptors (Lipinski definition) is 4. The molecule has 1 N–H and O–H groups in total. The van der Waals surface area contributed by atoms with E-state index in [1.807, 2.05) is 0 Å². The van der Waals surface area contributed by atoms with Gasteiger partial charge in [-0.15, -0.1) is 0 Å². The first-order valence-corrected chi connectivity index (χ1v) is 15.2. The van der Waals surface area contributed by atoms with Crippen LogP contribution in [0.5, 0.6) is 0 Å². The van der Waals surface area contributed by atoms with Gasteiger partial charge in [0, 0.05) is 12.6 Å². The van der Waals surface area contributed by atoms with Gasteiger partial charge in [-0.2, -0.15) is 0 Å². The highest BCUT2D eigenvalue weighted by atomic mass is 35.5. The normalized spacial score (nSPS) is 14.9. The Hall–Kier alpha value is -1.42. The molecule has 0 radical (unpaired) electrons. The number of halogens is 5. The largest absolute Gasteiger partial charge is 0.352 e. The van der Waals surface area contributed by atoms with Crippen LogP contribution in [0.3, 0.4) is 0 Å². The van der Waals surface area contributed by atoms with Crippen LogP contribution in [-0.4, -0.2) is 50.0 Å². The van der Waals surface area contributed by atoms with Gasteiger partial charge in [0.2, 0.25) is 21.8 Å². The molecule has 0 aromatic heterocycles. The molecule has 0 heterocycles. The van der Waals surface area contributed by atoms with Crippen molar-refractivity contribution in [3.63, 3.8) is 0 Å². The fraction of sp³-hybridized carbons (Fsp3) is 0.417. The molecule has 1 atom stereocenters. The molecular weight excluding hydrogens is 604 g/mol. The summed E-state index contributed by atoms with van der Waals surface area (Å²) in [5.74, 6) is -0.966. The van der Waals surface area contributed by atoms with E-state index in [9.17, 15) is 18.0 Å². The van der Waals surface area contributed by atoms with E-state index in [1.54, 1.807) is 25.1 Å². The SMILES string of the molecule is C[C@H](C(=O)NC1CCCC1)N(Cc1ccc(Cl)c(Cl)c1)C(=O)CN(c1cc(Cl)c(Cl)cc1Cl)S(C)(=O)=O. The molecule has 1 aliphatic rings. The zero-order valence-corrected chi connectivity index (χ0v) is 24.7. The fourth-order valence-corrected chi connectivity index (χ4v) is 5.97. The standard InChI is InChI=1S/C24H26Cl5N3O4S/c1-14(24(34)30-16-5-3-4-6-16)31(12-15-7-8-17(25)18(26)9-15)23(33)13-32(37(2,35)36)22-11-20(28)19(27)10-21(22)29/h7-11,14,16H,3-6,12-13H2,1-2H3,(H,30,34)/t14-/m1/s1. The highest BCUT2D eigenvalue weighted by Gasteiger charge is 2.32. The maximum atomic E-state index is 13.7. The molecular formula is C24H26Cl5N3O4S. The second-order valence-corrected chi connectivity index (χ2v) is 12.9. The molecule has 2 aromatic carbocycles. The summed E-state index contributed by atoms with van der Waals surface area (Å²) in [7, 11) is -3.99. The summed E-state index contributed by atoms with van der Waals surface area (Å²) in [5.41, 5.74) is 0.603. The minimum absolute atomic E-state index is 0.00400. The predicted octanol–water partition coefficient (Wildman–Crippen LogP) is 6.20. The van der Waals surface area contributed by atoms with Crippen LogP contribution >= 0.6 is 58.0 Å². The molecule has 0 unspecified atom stereocenters. The van der Waals surface area contributed by atoms with Gasteiger partial charge in [-0.25, -0.2) is 8.42 Å². The third-order valence-corrected chi connectivity index (χ3v) is 9.03. The Kier molecular flexibility index (Phi) is 10.3. The molecule has 3 rings (SSSR count). The van der Waals surface area contributed by atoms with Crippen molar-refractivity contribution >= 4 is 85.5 Å². The molecule has 0 bridgehead atoms. The van der Waals surface area contributed by atoms with Gasteiger partial charge in [-0.05, 0) is 49.6 Å². The molecule has 13 heteroatoms. The zero-order chi connectivity index (χ0) is 27.5. The van der Waals surface area contributed by atoms with Crippen LogP contribution in [0.1, 0.15) is 38.2 Å². The second kappa shape index (κ2) is 12.6. The zero-order valence-electron chi connectivity index (χ0n) is 20.1. The van der Waals surface area contributed by atoms with Gasteiger partial charge in [0.25, 0.3) is 0 Å². The lowest BCUT2D eigenvalue weighted by Crippen LogP contribution is -2.52. The minimum atomic E-state index is -3.99. The third kappa shape index (κ3) is 7.80. The summed E-state index contributed by atoms with van der Waals surface area (Å²) in [6.45, 7) is 0.956. The van der Waals surface area contributed by atoms with E-state index in [4.69, 9.17) is 58.0 Å². The van der Waals surface area contributed by atoms with Crippen molar-refractivity contribution in [1.82, 2.24) is 10.2 Å². The van der Waals surface area contributed by atoms with Crippen LogP contribution < -0.4 is 9.62 Å². The Labute approximate surface area is 242 Å². The first kappa shape index (κ1) is 30.1. The quantitative estimate of drug-likeness (QED) is 0.335. The summed E-state index contributed by atoms with van der Waals surface area (Å²) in [4.78, 5) is 28.1. The topological polar surface area (TPSA) is 86.8 Å². The number of nitrogens with one attached hydrogen (secondary N) is 1. The number of benzene rings is 2. The molecule has 0 spiro atoms. The molecule has 2 aromatic rings. The Balaban J connectivity index is 1.94. The van der Waals surface area contributed by atoms with Crippen LogP contribution in [0, 0.1) is 0 Å². The number of hydrogen-bond donors (Lipinski definition) is 1. The van der Waals surface area contributed by atoms with Crippen LogP contribution in [0.4, 0.5) is 5.69 Å². The van der Waals surface area contributed by atoms with E-state index >= 15 is 0 Å². The van der Waals surface area contributed by atoms with Gasteiger partial charge in [0.15, 0.2) is 0 Å². The van der Waals surface area contributed by atoms with Crippen LogP contribution in [0.2, 0.25) is 25.1 Å². The number of anilines is 1. The Bertz CT molecular complexity index is 1290. The molecule has 7 nitrogen and oxygen atoms in total. The summed E-state index contributed by atoms with van der Waals surface area (Å²) in [6.07, 6.45) is 4.74. The summed E-state index contributed by atoms with van der Waals surface area (Å²) in [5, 5.41) is 3.82. The molecule has 202 valence electrons. The van der Waals surface area contributed by atoms with Crippen molar-refractivity contribution in [2.75, 3.05) is 17.1 Å². The van der Waals surface area contributed by atoms with E-state index in [1.165, 1.54) is 17.0 Å². The average Bonchev–Trinajstić information content (AvgIpc) is 3.32. The van der Waals surface area contributed by atoms with E-state index in [-0.39, 0.29) is 44.3 Å². The summed E-state index contributed by atoms with van der Waals surface area (Å²) >= 11 is 30.6. The van der Waals surface area contributed by atoms with Crippen LogP contribution in [0.15, 0.2) is 30.3 Å². The summed E-state index contributed by atoms with van der Waals surface area (Å²) < 4.78 is 26.3. The van der Waals surface area contributed by atoms with E-state index in [0.29, 0.717) is 10.6 Å². The van der Waals surface area contributed by atoms with Gasteiger partial charge in [-0.1, -0.05) is 76.9 Å². The number of amides is 2. The first-order chi connectivity index (χ1) is 17.3. The lowest BCUT2D eigenvalue weighted by Gasteiger charge is -2.32. The molecule has 1 fully saturated rings. The van der Waals surface area contributed by atoms with Gasteiger partial charge in [0.05, 0.1) is 37.1 Å². The number of nitrogens with zero attached hydrogens (tertiary/aromatic N) is 2. The highest BCUT2D eigenvalue weighted by Crippen LogP contribution is 2.35. The van der Waals surface area contributed by atoms with Crippen molar-refractivity contribution in [3.05, 3.63) is 61.0 Å².